The van der Waals surface area contributed by atoms with E-state index in [1.807, 2.05) is 21.9 Å². The molecule has 4 heteroatoms. The third kappa shape index (κ3) is 3.04. The Morgan fingerprint density at radius 3 is 2.04 bits per heavy atom. The first-order chi connectivity index (χ1) is 12.6. The minimum Gasteiger partial charge on any atom is -0.339 e. The van der Waals surface area contributed by atoms with Gasteiger partial charge in [0.15, 0.2) is 0 Å². The molecule has 26 heavy (non-hydrogen) atoms. The maximum Gasteiger partial charge on any atom is 0.253 e. The van der Waals surface area contributed by atoms with Crippen LogP contribution in [-0.4, -0.2) is 47.8 Å². The molecule has 2 saturated carbocycles. The first-order valence-electron chi connectivity index (χ1n) is 10.3. The SMILES string of the molecule is CCC1(C(=O)N2CCN(C(=O)c3ccc(C4CCC4)cc3)CC2)CCC1. The molecule has 3 fully saturated rings. The molecule has 0 aromatic heterocycles. The van der Waals surface area contributed by atoms with Gasteiger partial charge in [-0.15, -0.1) is 0 Å². The van der Waals surface area contributed by atoms with Crippen LogP contribution in [0.2, 0.25) is 0 Å². The normalized spacial score (nSPS) is 22.5. The minimum atomic E-state index is -0.0937. The van der Waals surface area contributed by atoms with Gasteiger partial charge in [-0.05, 0) is 55.7 Å². The molecule has 0 unspecified atom stereocenters. The van der Waals surface area contributed by atoms with Crippen molar-refractivity contribution in [1.29, 1.82) is 0 Å². The van der Waals surface area contributed by atoms with Crippen molar-refractivity contribution in [3.63, 3.8) is 0 Å². The third-order valence-electron chi connectivity index (χ3n) is 7.03. The highest BCUT2D eigenvalue weighted by atomic mass is 16.2. The van der Waals surface area contributed by atoms with Crippen molar-refractivity contribution >= 4 is 11.8 Å². The molecule has 1 aromatic carbocycles. The Kier molecular flexibility index (Phi) is 4.76. The fourth-order valence-electron chi connectivity index (χ4n) is 4.59. The lowest BCUT2D eigenvalue weighted by Gasteiger charge is -2.45. The Balaban J connectivity index is 1.34. The maximum absolute atomic E-state index is 12.8. The molecule has 4 rings (SSSR count). The Labute approximate surface area is 156 Å². The summed E-state index contributed by atoms with van der Waals surface area (Å²) in [7, 11) is 0. The van der Waals surface area contributed by atoms with Crippen molar-refractivity contribution in [3.05, 3.63) is 35.4 Å². The van der Waals surface area contributed by atoms with E-state index < -0.39 is 0 Å². The van der Waals surface area contributed by atoms with Crippen LogP contribution in [-0.2, 0) is 4.79 Å². The van der Waals surface area contributed by atoms with Gasteiger partial charge in [-0.25, -0.2) is 0 Å². The molecule has 3 aliphatic rings. The average molecular weight is 354 g/mol. The summed E-state index contributed by atoms with van der Waals surface area (Å²) in [4.78, 5) is 29.5. The van der Waals surface area contributed by atoms with Gasteiger partial charge < -0.3 is 9.80 Å². The molecular formula is C22H30N2O2. The van der Waals surface area contributed by atoms with E-state index in [9.17, 15) is 9.59 Å². The number of carbonyl (C=O) groups is 2. The zero-order valence-electron chi connectivity index (χ0n) is 15.9. The summed E-state index contributed by atoms with van der Waals surface area (Å²) in [6.07, 6.45) is 8.08. The lowest BCUT2D eigenvalue weighted by molar-refractivity contribution is -0.149. The summed E-state index contributed by atoms with van der Waals surface area (Å²) in [5.74, 6) is 1.13. The van der Waals surface area contributed by atoms with E-state index in [-0.39, 0.29) is 11.3 Å². The molecule has 2 amide bonds. The second-order valence-corrected chi connectivity index (χ2v) is 8.32. The van der Waals surface area contributed by atoms with E-state index in [2.05, 4.69) is 19.1 Å². The second-order valence-electron chi connectivity index (χ2n) is 8.32. The van der Waals surface area contributed by atoms with Crippen molar-refractivity contribution < 1.29 is 9.59 Å². The van der Waals surface area contributed by atoms with Gasteiger partial charge in [0, 0.05) is 37.2 Å². The number of piperazine rings is 1. The van der Waals surface area contributed by atoms with Crippen LogP contribution in [0.5, 0.6) is 0 Å². The summed E-state index contributed by atoms with van der Waals surface area (Å²) in [6.45, 7) is 4.77. The molecule has 0 bridgehead atoms. The van der Waals surface area contributed by atoms with Crippen molar-refractivity contribution in [2.75, 3.05) is 26.2 Å². The van der Waals surface area contributed by atoms with Crippen molar-refractivity contribution in [3.8, 4) is 0 Å². The summed E-state index contributed by atoms with van der Waals surface area (Å²) in [5.41, 5.74) is 2.05. The molecule has 1 saturated heterocycles. The van der Waals surface area contributed by atoms with E-state index in [0.29, 0.717) is 38.0 Å². The zero-order chi connectivity index (χ0) is 18.1. The number of hydrogen-bond acceptors (Lipinski definition) is 2. The number of amides is 2. The minimum absolute atomic E-state index is 0.0937. The number of carbonyl (C=O) groups excluding carboxylic acids is 2. The van der Waals surface area contributed by atoms with Gasteiger partial charge >= 0.3 is 0 Å². The van der Waals surface area contributed by atoms with E-state index >= 15 is 0 Å². The molecule has 0 spiro atoms. The van der Waals surface area contributed by atoms with E-state index in [4.69, 9.17) is 0 Å². The lowest BCUT2D eigenvalue weighted by Crippen LogP contribution is -2.55. The predicted octanol–water partition coefficient (Wildman–Crippen LogP) is 3.82. The van der Waals surface area contributed by atoms with Crippen molar-refractivity contribution in [1.82, 2.24) is 9.80 Å². The molecule has 4 nitrogen and oxygen atoms in total. The predicted molar refractivity (Wildman–Crippen MR) is 102 cm³/mol. The molecule has 1 aliphatic heterocycles. The average Bonchev–Trinajstić information content (AvgIpc) is 2.60. The van der Waals surface area contributed by atoms with Gasteiger partial charge in [0.1, 0.15) is 0 Å². The topological polar surface area (TPSA) is 40.6 Å². The monoisotopic (exact) mass is 354 g/mol. The Bertz CT molecular complexity index is 660. The fraction of sp³-hybridized carbons (Fsp3) is 0.636. The van der Waals surface area contributed by atoms with Crippen molar-refractivity contribution in [2.45, 2.75) is 57.8 Å². The molecule has 140 valence electrons. The fourth-order valence-corrected chi connectivity index (χ4v) is 4.59. The summed E-state index contributed by atoms with van der Waals surface area (Å²) in [5, 5.41) is 0. The van der Waals surface area contributed by atoms with Gasteiger partial charge in [0.25, 0.3) is 5.91 Å². The highest BCUT2D eigenvalue weighted by Crippen LogP contribution is 2.45. The highest BCUT2D eigenvalue weighted by molar-refractivity contribution is 5.94. The standard InChI is InChI=1S/C22H30N2O2/c1-2-22(11-4-12-22)21(26)24-15-13-23(14-16-24)20(25)19-9-7-18(8-10-19)17-5-3-6-17/h7-10,17H,2-6,11-16H2,1H3. The second kappa shape index (κ2) is 7.05. The zero-order valence-corrected chi connectivity index (χ0v) is 15.9. The van der Waals surface area contributed by atoms with E-state index in [1.165, 1.54) is 31.2 Å². The Morgan fingerprint density at radius 2 is 1.58 bits per heavy atom. The Hall–Kier alpha value is -1.84. The van der Waals surface area contributed by atoms with E-state index in [1.54, 1.807) is 0 Å². The van der Waals surface area contributed by atoms with Crippen LogP contribution in [0.4, 0.5) is 0 Å². The highest BCUT2D eigenvalue weighted by Gasteiger charge is 2.45. The van der Waals surface area contributed by atoms with Crippen LogP contribution in [0.25, 0.3) is 0 Å². The van der Waals surface area contributed by atoms with Crippen LogP contribution in [0.1, 0.15) is 73.7 Å². The van der Waals surface area contributed by atoms with Gasteiger partial charge in [-0.3, -0.25) is 9.59 Å². The molecular weight excluding hydrogens is 324 g/mol. The molecule has 2 aliphatic carbocycles. The molecule has 1 aromatic rings. The van der Waals surface area contributed by atoms with Crippen LogP contribution in [0.3, 0.4) is 0 Å². The van der Waals surface area contributed by atoms with Gasteiger partial charge in [-0.1, -0.05) is 31.9 Å². The summed E-state index contributed by atoms with van der Waals surface area (Å²) >= 11 is 0. The van der Waals surface area contributed by atoms with Crippen LogP contribution >= 0.6 is 0 Å². The number of benzene rings is 1. The van der Waals surface area contributed by atoms with Crippen LogP contribution in [0, 0.1) is 5.41 Å². The van der Waals surface area contributed by atoms with Crippen molar-refractivity contribution in [2.24, 2.45) is 5.41 Å². The van der Waals surface area contributed by atoms with Gasteiger partial charge in [0.2, 0.25) is 5.91 Å². The first kappa shape index (κ1) is 17.6. The van der Waals surface area contributed by atoms with Crippen LogP contribution in [0.15, 0.2) is 24.3 Å². The van der Waals surface area contributed by atoms with Gasteiger partial charge in [-0.2, -0.15) is 0 Å². The summed E-state index contributed by atoms with van der Waals surface area (Å²) < 4.78 is 0. The smallest absolute Gasteiger partial charge is 0.253 e. The molecule has 0 radical (unpaired) electrons. The van der Waals surface area contributed by atoms with Crippen LogP contribution < -0.4 is 0 Å². The molecule has 1 heterocycles. The first-order valence-corrected chi connectivity index (χ1v) is 10.3. The molecule has 0 N–H and O–H groups in total. The summed E-state index contributed by atoms with van der Waals surface area (Å²) in [6, 6.07) is 8.21. The van der Waals surface area contributed by atoms with Gasteiger partial charge in [0.05, 0.1) is 0 Å². The molecule has 0 atom stereocenters. The quantitative estimate of drug-likeness (QED) is 0.825. The lowest BCUT2D eigenvalue weighted by atomic mass is 9.66. The largest absolute Gasteiger partial charge is 0.339 e. The Morgan fingerprint density at radius 1 is 0.962 bits per heavy atom. The third-order valence-corrected chi connectivity index (χ3v) is 7.03. The number of hydrogen-bond donors (Lipinski definition) is 0. The number of nitrogens with zero attached hydrogens (tertiary/aromatic N) is 2. The maximum atomic E-state index is 12.8. The number of rotatable bonds is 4. The van der Waals surface area contributed by atoms with E-state index in [0.717, 1.165) is 24.8 Å².